The highest BCUT2D eigenvalue weighted by Crippen LogP contribution is 2.35. The summed E-state index contributed by atoms with van der Waals surface area (Å²) >= 11 is 1.13. The predicted octanol–water partition coefficient (Wildman–Crippen LogP) is 2.61. The Morgan fingerprint density at radius 2 is 2.16 bits per heavy atom. The van der Waals surface area contributed by atoms with Crippen LogP contribution in [0.4, 0.5) is 11.6 Å². The first-order valence-corrected chi connectivity index (χ1v) is 8.51. The molecule has 0 aliphatic carbocycles. The molecule has 3 aromatic heterocycles. The molecule has 2 N–H and O–H groups in total. The number of rotatable bonds is 3. The molecule has 1 radical (unpaired) electrons. The third-order valence-electron chi connectivity index (χ3n) is 3.90. The van der Waals surface area contributed by atoms with Crippen LogP contribution in [0.2, 0.25) is 0 Å². The molecule has 4 aromatic rings. The van der Waals surface area contributed by atoms with Crippen molar-refractivity contribution in [1.82, 2.24) is 25.0 Å². The largest absolute Gasteiger partial charge is 0.463 e. The van der Waals surface area contributed by atoms with Crippen LogP contribution in [-0.2, 0) is 6.54 Å². The Kier molecular flexibility index (Phi) is 3.07. The lowest BCUT2D eigenvalue weighted by atomic mass is 10.2. The second-order valence-electron chi connectivity index (χ2n) is 5.52. The van der Waals surface area contributed by atoms with Gasteiger partial charge in [-0.05, 0) is 29.8 Å². The van der Waals surface area contributed by atoms with E-state index in [0.717, 1.165) is 23.0 Å². The zero-order valence-corrected chi connectivity index (χ0v) is 13.8. The fourth-order valence-electron chi connectivity index (χ4n) is 2.77. The van der Waals surface area contributed by atoms with E-state index in [1.807, 2.05) is 5.55 Å². The average Bonchev–Trinajstić information content (AvgIpc) is 3.35. The summed E-state index contributed by atoms with van der Waals surface area (Å²) in [6.07, 6.45) is 1.58. The van der Waals surface area contributed by atoms with Crippen LogP contribution in [0.15, 0.2) is 50.9 Å². The van der Waals surface area contributed by atoms with Gasteiger partial charge in [-0.1, -0.05) is 11.3 Å². The first-order valence-electron chi connectivity index (χ1n) is 7.55. The van der Waals surface area contributed by atoms with E-state index < -0.39 is 0 Å². The van der Waals surface area contributed by atoms with Gasteiger partial charge in [0.15, 0.2) is 16.9 Å². The molecule has 0 bridgehead atoms. The normalized spacial score (nSPS) is 12.8. The molecular weight excluding hydrogens is 338 g/mol. The van der Waals surface area contributed by atoms with Gasteiger partial charge in [-0.2, -0.15) is 4.98 Å². The fraction of sp³-hybridized carbons (Fsp3) is 0.0625. The second kappa shape index (κ2) is 5.42. The molecule has 0 unspecified atom stereocenters. The number of fused-ring (bicyclic) bond motifs is 2. The number of aromatic nitrogens is 5. The van der Waals surface area contributed by atoms with Crippen molar-refractivity contribution in [2.75, 3.05) is 5.73 Å². The molecule has 0 saturated heterocycles. The molecule has 8 nitrogen and oxygen atoms in total. The highest BCUT2D eigenvalue weighted by molar-refractivity contribution is 8.12. The van der Waals surface area contributed by atoms with Gasteiger partial charge in [-0.15, -0.1) is 16.9 Å². The van der Waals surface area contributed by atoms with Crippen molar-refractivity contribution in [1.29, 1.82) is 0 Å². The highest BCUT2D eigenvalue weighted by Gasteiger charge is 2.17. The lowest BCUT2D eigenvalue weighted by molar-refractivity contribution is 0.580. The van der Waals surface area contributed by atoms with E-state index in [2.05, 4.69) is 43.5 Å². The van der Waals surface area contributed by atoms with Crippen molar-refractivity contribution in [3.63, 3.8) is 0 Å². The van der Waals surface area contributed by atoms with Gasteiger partial charge >= 0.3 is 0 Å². The third-order valence-corrected chi connectivity index (χ3v) is 4.79. The van der Waals surface area contributed by atoms with Gasteiger partial charge in [-0.3, -0.25) is 0 Å². The number of nitrogens with zero attached hydrogens (tertiary/aromatic N) is 6. The second-order valence-corrected chi connectivity index (χ2v) is 6.49. The van der Waals surface area contributed by atoms with Crippen LogP contribution in [0.1, 0.15) is 5.56 Å². The fourth-order valence-corrected chi connectivity index (χ4v) is 3.49. The molecule has 1 aliphatic heterocycles. The number of aliphatic imine (C=N–C) groups is 1. The Hall–Kier alpha value is -3.20. The molecule has 9 heteroatoms. The van der Waals surface area contributed by atoms with Crippen molar-refractivity contribution < 1.29 is 4.42 Å². The summed E-state index contributed by atoms with van der Waals surface area (Å²) < 4.78 is 7.13. The molecular formula is C16H12N7OS. The molecule has 123 valence electrons. The Balaban J connectivity index is 1.59. The van der Waals surface area contributed by atoms with E-state index in [9.17, 15) is 0 Å². The number of thiol groups is 1. The SMILES string of the molecule is Nc1nc(-c2ccco2)c2nnn(Cc3ccc4c(c3)N=C[SH]4)c2n1. The minimum Gasteiger partial charge on any atom is -0.463 e. The number of nitrogens with two attached hydrogens (primary N) is 1. The Morgan fingerprint density at radius 1 is 1.20 bits per heavy atom. The molecule has 5 rings (SSSR count). The lowest BCUT2D eigenvalue weighted by Crippen LogP contribution is -2.05. The molecule has 0 atom stereocenters. The van der Waals surface area contributed by atoms with Crippen LogP contribution in [0.3, 0.4) is 0 Å². The molecule has 4 heterocycles. The number of benzene rings is 1. The summed E-state index contributed by atoms with van der Waals surface area (Å²) in [7, 11) is 0. The molecule has 0 spiro atoms. The van der Waals surface area contributed by atoms with Gasteiger partial charge in [0, 0.05) is 4.90 Å². The van der Waals surface area contributed by atoms with Crippen LogP contribution >= 0.6 is 11.8 Å². The minimum absolute atomic E-state index is 0.153. The average molecular weight is 350 g/mol. The molecule has 0 fully saturated rings. The first-order chi connectivity index (χ1) is 12.3. The van der Waals surface area contributed by atoms with Crippen LogP contribution in [-0.4, -0.2) is 30.5 Å². The predicted molar refractivity (Wildman–Crippen MR) is 96.2 cm³/mol. The summed E-state index contributed by atoms with van der Waals surface area (Å²) in [6.45, 7) is 0.518. The van der Waals surface area contributed by atoms with Gasteiger partial charge in [0.1, 0.15) is 5.69 Å². The summed E-state index contributed by atoms with van der Waals surface area (Å²) in [4.78, 5) is 14.1. The number of furan rings is 1. The van der Waals surface area contributed by atoms with E-state index in [0.29, 0.717) is 29.2 Å². The molecule has 0 amide bonds. The Bertz CT molecular complexity index is 1120. The minimum atomic E-state index is 0.153. The van der Waals surface area contributed by atoms with Gasteiger partial charge < -0.3 is 10.2 Å². The maximum Gasteiger partial charge on any atom is 0.222 e. The Morgan fingerprint density at radius 3 is 3.04 bits per heavy atom. The molecule has 0 saturated carbocycles. The van der Waals surface area contributed by atoms with Crippen molar-refractivity contribution in [3.05, 3.63) is 42.2 Å². The molecule has 1 aliphatic rings. The zero-order valence-electron chi connectivity index (χ0n) is 12.9. The van der Waals surface area contributed by atoms with Gasteiger partial charge in [-0.25, -0.2) is 14.7 Å². The monoisotopic (exact) mass is 350 g/mol. The number of hydrogen-bond acceptors (Lipinski definition) is 7. The maximum atomic E-state index is 5.87. The van der Waals surface area contributed by atoms with E-state index in [4.69, 9.17) is 10.2 Å². The number of anilines is 1. The topological polar surface area (TPSA) is 108 Å². The van der Waals surface area contributed by atoms with Crippen LogP contribution in [0, 0.1) is 0 Å². The molecule has 25 heavy (non-hydrogen) atoms. The summed E-state index contributed by atoms with van der Waals surface area (Å²) in [5.74, 6) is 0.733. The third kappa shape index (κ3) is 2.36. The van der Waals surface area contributed by atoms with Gasteiger partial charge in [0.05, 0.1) is 24.0 Å². The van der Waals surface area contributed by atoms with Crippen LogP contribution < -0.4 is 5.73 Å². The van der Waals surface area contributed by atoms with Crippen molar-refractivity contribution in [2.24, 2.45) is 4.99 Å². The lowest BCUT2D eigenvalue weighted by Gasteiger charge is -2.05. The molecule has 1 aromatic carbocycles. The van der Waals surface area contributed by atoms with E-state index in [1.54, 1.807) is 23.1 Å². The first kappa shape index (κ1) is 14.2. The summed E-state index contributed by atoms with van der Waals surface area (Å²) in [5.41, 5.74) is 11.5. The van der Waals surface area contributed by atoms with Crippen molar-refractivity contribution in [2.45, 2.75) is 11.4 Å². The number of hydrogen-bond donors (Lipinski definition) is 2. The van der Waals surface area contributed by atoms with E-state index >= 15 is 0 Å². The van der Waals surface area contributed by atoms with Crippen molar-refractivity contribution >= 4 is 40.1 Å². The van der Waals surface area contributed by atoms with E-state index in [-0.39, 0.29) is 5.95 Å². The van der Waals surface area contributed by atoms with Gasteiger partial charge in [0.25, 0.3) is 0 Å². The maximum absolute atomic E-state index is 5.87. The highest BCUT2D eigenvalue weighted by atomic mass is 32.2. The zero-order chi connectivity index (χ0) is 16.8. The van der Waals surface area contributed by atoms with E-state index in [1.165, 1.54) is 4.90 Å². The summed E-state index contributed by atoms with van der Waals surface area (Å²) in [5, 5.41) is 8.45. The number of nitrogen functional groups attached to an aromatic ring is 1. The van der Waals surface area contributed by atoms with Crippen LogP contribution in [0.25, 0.3) is 22.6 Å². The van der Waals surface area contributed by atoms with Gasteiger partial charge in [0.2, 0.25) is 5.95 Å². The van der Waals surface area contributed by atoms with Crippen molar-refractivity contribution in [3.8, 4) is 11.5 Å². The smallest absolute Gasteiger partial charge is 0.222 e. The van der Waals surface area contributed by atoms with Crippen LogP contribution in [0.5, 0.6) is 0 Å². The quantitative estimate of drug-likeness (QED) is 0.550. The summed E-state index contributed by atoms with van der Waals surface area (Å²) in [6, 6.07) is 9.78. The standard InChI is InChI=1S/C16H12N7OS/c17-16-19-13(11-2-1-5-24-11)14-15(20-16)23(22-21-14)7-9-3-4-12-10(6-9)18-8-25-12/h1-6,8,25H,7H2,(H2,17,19,20). The Labute approximate surface area is 145 Å².